The number of fused-ring (bicyclic) bond motifs is 1. The van der Waals surface area contributed by atoms with Gasteiger partial charge in [0.15, 0.2) is 5.78 Å². The summed E-state index contributed by atoms with van der Waals surface area (Å²) in [7, 11) is -1.00. The molecule has 1 aliphatic heterocycles. The highest BCUT2D eigenvalue weighted by Gasteiger charge is 2.27. The highest BCUT2D eigenvalue weighted by Crippen LogP contribution is 2.25. The van der Waals surface area contributed by atoms with Crippen LogP contribution in [0.1, 0.15) is 23.7 Å². The van der Waals surface area contributed by atoms with Gasteiger partial charge in [-0.25, -0.2) is 0 Å². The van der Waals surface area contributed by atoms with Crippen molar-refractivity contribution in [1.82, 2.24) is 0 Å². The van der Waals surface area contributed by atoms with Gasteiger partial charge >= 0.3 is 0 Å². The van der Waals surface area contributed by atoms with Gasteiger partial charge in [-0.1, -0.05) is 25.1 Å². The predicted octanol–water partition coefficient (Wildman–Crippen LogP) is 1.77. The number of carbonyl (C=O) groups is 1. The van der Waals surface area contributed by atoms with Crippen molar-refractivity contribution in [3.8, 4) is 0 Å². The van der Waals surface area contributed by atoms with E-state index in [2.05, 4.69) is 0 Å². The molecule has 0 fully saturated rings. The van der Waals surface area contributed by atoms with Crippen molar-refractivity contribution < 1.29 is 9.00 Å². The first-order valence-electron chi connectivity index (χ1n) is 4.23. The lowest BCUT2D eigenvalue weighted by Crippen LogP contribution is -2.24. The van der Waals surface area contributed by atoms with Crippen molar-refractivity contribution in [3.05, 3.63) is 29.8 Å². The number of rotatable bonds is 0. The number of hydrogen-bond donors (Lipinski definition) is 0. The minimum absolute atomic E-state index is 0.0394. The Hall–Kier alpha value is -0.960. The third-order valence-corrected chi connectivity index (χ3v) is 3.93. The molecule has 0 aliphatic carbocycles. The summed E-state index contributed by atoms with van der Waals surface area (Å²) in [5.74, 6) is 0.114. The molecule has 0 saturated heterocycles. The summed E-state index contributed by atoms with van der Waals surface area (Å²) in [5, 5.41) is -0.0394. The van der Waals surface area contributed by atoms with E-state index in [0.717, 1.165) is 0 Å². The van der Waals surface area contributed by atoms with Crippen LogP contribution in [0.2, 0.25) is 0 Å². The van der Waals surface area contributed by atoms with Crippen LogP contribution in [0.3, 0.4) is 0 Å². The Morgan fingerprint density at radius 3 is 2.85 bits per heavy atom. The van der Waals surface area contributed by atoms with Gasteiger partial charge in [0.1, 0.15) is 0 Å². The van der Waals surface area contributed by atoms with E-state index in [1.807, 2.05) is 19.1 Å². The maximum absolute atomic E-state index is 11.7. The van der Waals surface area contributed by atoms with E-state index in [1.54, 1.807) is 12.1 Å². The summed E-state index contributed by atoms with van der Waals surface area (Å²) in [6.07, 6.45) is 0.406. The van der Waals surface area contributed by atoms with E-state index >= 15 is 0 Å². The standard InChI is InChI=1S/C10H10O2S/c1-7-6-9(11)8-4-2-3-5-10(8)13(7)12/h2-5,7H,6H2,1H3/t7-,13+/m1/s1. The molecule has 1 heterocycles. The summed E-state index contributed by atoms with van der Waals surface area (Å²) in [4.78, 5) is 12.2. The van der Waals surface area contributed by atoms with Crippen LogP contribution in [0.25, 0.3) is 0 Å². The van der Waals surface area contributed by atoms with E-state index in [4.69, 9.17) is 0 Å². The number of benzene rings is 1. The molecule has 0 saturated carbocycles. The van der Waals surface area contributed by atoms with Crippen LogP contribution in [0.4, 0.5) is 0 Å². The number of Topliss-reactive ketones (excluding diaryl/α,β-unsaturated/α-hetero) is 1. The third-order valence-electron chi connectivity index (χ3n) is 2.24. The Kier molecular flexibility index (Phi) is 2.04. The second kappa shape index (κ2) is 3.07. The zero-order chi connectivity index (χ0) is 9.42. The molecule has 3 heteroatoms. The first-order valence-corrected chi connectivity index (χ1v) is 5.44. The first-order chi connectivity index (χ1) is 6.20. The Morgan fingerprint density at radius 2 is 2.08 bits per heavy atom. The zero-order valence-corrected chi connectivity index (χ0v) is 8.14. The summed E-state index contributed by atoms with van der Waals surface area (Å²) in [6, 6.07) is 7.16. The van der Waals surface area contributed by atoms with Gasteiger partial charge in [-0.15, -0.1) is 0 Å². The van der Waals surface area contributed by atoms with E-state index in [1.165, 1.54) is 0 Å². The Balaban J connectivity index is 2.60. The fourth-order valence-corrected chi connectivity index (χ4v) is 2.88. The maximum atomic E-state index is 11.7. The van der Waals surface area contributed by atoms with E-state index in [-0.39, 0.29) is 11.0 Å². The first kappa shape index (κ1) is 8.63. The number of carbonyl (C=O) groups excluding carboxylic acids is 1. The van der Waals surface area contributed by atoms with Crippen LogP contribution < -0.4 is 0 Å². The van der Waals surface area contributed by atoms with Crippen LogP contribution in [-0.2, 0) is 10.8 Å². The van der Waals surface area contributed by atoms with Crippen LogP contribution in [0.5, 0.6) is 0 Å². The smallest absolute Gasteiger partial charge is 0.165 e. The van der Waals surface area contributed by atoms with Crippen molar-refractivity contribution >= 4 is 16.6 Å². The zero-order valence-electron chi connectivity index (χ0n) is 7.32. The second-order valence-electron chi connectivity index (χ2n) is 3.23. The SMILES string of the molecule is C[C@@H]1CC(=O)c2ccccc2[S@]1=O. The van der Waals surface area contributed by atoms with Crippen LogP contribution in [0, 0.1) is 0 Å². The molecular formula is C10H10O2S. The monoisotopic (exact) mass is 194 g/mol. The summed E-state index contributed by atoms with van der Waals surface area (Å²) >= 11 is 0. The molecule has 1 aliphatic rings. The normalized spacial score (nSPS) is 27.0. The molecule has 0 N–H and O–H groups in total. The lowest BCUT2D eigenvalue weighted by molar-refractivity contribution is 0.0977. The van der Waals surface area contributed by atoms with Crippen molar-refractivity contribution in [2.75, 3.05) is 0 Å². The Labute approximate surface area is 79.4 Å². The van der Waals surface area contributed by atoms with Crippen molar-refractivity contribution in [3.63, 3.8) is 0 Å². The van der Waals surface area contributed by atoms with Crippen molar-refractivity contribution in [1.29, 1.82) is 0 Å². The summed E-state index contributed by atoms with van der Waals surface area (Å²) < 4.78 is 11.7. The van der Waals surface area contributed by atoms with Gasteiger partial charge in [0, 0.05) is 22.1 Å². The van der Waals surface area contributed by atoms with Crippen molar-refractivity contribution in [2.45, 2.75) is 23.5 Å². The predicted molar refractivity (Wildman–Crippen MR) is 51.3 cm³/mol. The highest BCUT2D eigenvalue weighted by atomic mass is 32.2. The molecule has 2 nitrogen and oxygen atoms in total. The van der Waals surface area contributed by atoms with Crippen LogP contribution in [-0.4, -0.2) is 15.2 Å². The summed E-state index contributed by atoms with van der Waals surface area (Å²) in [5.41, 5.74) is 0.638. The average Bonchev–Trinajstić information content (AvgIpc) is 2.15. The number of hydrogen-bond acceptors (Lipinski definition) is 2. The molecule has 1 aromatic rings. The molecule has 0 unspecified atom stereocenters. The highest BCUT2D eigenvalue weighted by molar-refractivity contribution is 7.86. The number of ketones is 1. The molecule has 0 radical (unpaired) electrons. The van der Waals surface area contributed by atoms with Crippen molar-refractivity contribution in [2.24, 2.45) is 0 Å². The van der Waals surface area contributed by atoms with E-state index < -0.39 is 10.8 Å². The maximum Gasteiger partial charge on any atom is 0.165 e. The van der Waals surface area contributed by atoms with Gasteiger partial charge in [-0.05, 0) is 6.07 Å². The third kappa shape index (κ3) is 1.33. The molecule has 0 bridgehead atoms. The molecule has 0 aromatic heterocycles. The Morgan fingerprint density at radius 1 is 1.38 bits per heavy atom. The lowest BCUT2D eigenvalue weighted by atomic mass is 10.1. The molecule has 2 rings (SSSR count). The van der Waals surface area contributed by atoms with Crippen LogP contribution in [0.15, 0.2) is 29.2 Å². The van der Waals surface area contributed by atoms with Crippen LogP contribution >= 0.6 is 0 Å². The Bertz CT molecular complexity index is 384. The van der Waals surface area contributed by atoms with E-state index in [0.29, 0.717) is 16.9 Å². The minimum Gasteiger partial charge on any atom is -0.294 e. The summed E-state index contributed by atoms with van der Waals surface area (Å²) in [6.45, 7) is 1.85. The lowest BCUT2D eigenvalue weighted by Gasteiger charge is -2.19. The molecule has 0 amide bonds. The minimum atomic E-state index is -1.00. The molecule has 1 aromatic carbocycles. The van der Waals surface area contributed by atoms with Gasteiger partial charge in [0.25, 0.3) is 0 Å². The molecule has 0 spiro atoms. The fourth-order valence-electron chi connectivity index (χ4n) is 1.54. The van der Waals surface area contributed by atoms with Gasteiger partial charge in [0.2, 0.25) is 0 Å². The molecule has 68 valence electrons. The molecule has 13 heavy (non-hydrogen) atoms. The van der Waals surface area contributed by atoms with Gasteiger partial charge in [-0.3, -0.25) is 9.00 Å². The van der Waals surface area contributed by atoms with Gasteiger partial charge < -0.3 is 0 Å². The van der Waals surface area contributed by atoms with E-state index in [9.17, 15) is 9.00 Å². The molecular weight excluding hydrogens is 184 g/mol. The van der Waals surface area contributed by atoms with Gasteiger partial charge in [-0.2, -0.15) is 0 Å². The molecule has 2 atom stereocenters. The largest absolute Gasteiger partial charge is 0.294 e. The second-order valence-corrected chi connectivity index (χ2v) is 5.07. The fraction of sp³-hybridized carbons (Fsp3) is 0.300. The topological polar surface area (TPSA) is 34.1 Å². The quantitative estimate of drug-likeness (QED) is 0.630. The van der Waals surface area contributed by atoms with Gasteiger partial charge in [0.05, 0.1) is 10.8 Å². The average molecular weight is 194 g/mol.